The van der Waals surface area contributed by atoms with Gasteiger partial charge in [0.2, 0.25) is 0 Å². The van der Waals surface area contributed by atoms with Crippen molar-refractivity contribution in [2.45, 2.75) is 31.7 Å². The first-order valence-corrected chi connectivity index (χ1v) is 8.91. The molecule has 27 heavy (non-hydrogen) atoms. The Balaban J connectivity index is 1.72. The Hall–Kier alpha value is -3.09. The van der Waals surface area contributed by atoms with Crippen LogP contribution in [0, 0.1) is 0 Å². The van der Waals surface area contributed by atoms with Crippen LogP contribution < -0.4 is 20.1 Å². The monoisotopic (exact) mass is 369 g/mol. The molecule has 2 N–H and O–H groups in total. The number of carbonyl (C=O) groups is 2. The third kappa shape index (κ3) is 4.55. The molecule has 1 aliphatic carbocycles. The zero-order valence-electron chi connectivity index (χ0n) is 15.5. The van der Waals surface area contributed by atoms with Crippen LogP contribution in [0.1, 0.15) is 46.5 Å². The number of hydrogen-bond donors (Lipinski definition) is 2. The number of nitrogens with zero attached hydrogens (tertiary/aromatic N) is 1. The van der Waals surface area contributed by atoms with E-state index in [-0.39, 0.29) is 17.6 Å². The van der Waals surface area contributed by atoms with E-state index in [1.54, 1.807) is 31.4 Å². The number of aromatic nitrogens is 1. The van der Waals surface area contributed by atoms with Gasteiger partial charge < -0.3 is 20.1 Å². The minimum absolute atomic E-state index is 0.159. The summed E-state index contributed by atoms with van der Waals surface area (Å²) in [5.74, 6) is 0.487. The summed E-state index contributed by atoms with van der Waals surface area (Å²) in [5, 5.41) is 5.76. The maximum Gasteiger partial charge on any atom is 0.274 e. The normalized spacial score (nSPS) is 13.9. The summed E-state index contributed by atoms with van der Waals surface area (Å²) in [6, 6.07) is 8.40. The van der Waals surface area contributed by atoms with Crippen molar-refractivity contribution >= 4 is 17.5 Å². The summed E-state index contributed by atoms with van der Waals surface area (Å²) >= 11 is 0. The second-order valence-corrected chi connectivity index (χ2v) is 6.40. The first kappa shape index (κ1) is 18.7. The molecule has 0 unspecified atom stereocenters. The van der Waals surface area contributed by atoms with Gasteiger partial charge in [0.15, 0.2) is 0 Å². The SMILES string of the molecule is COc1ccc(NC(=O)c2cc(C(=O)NC3CCCC3)ccn2)c(OC)c1. The standard InChI is InChI=1S/C20H23N3O4/c1-26-15-7-8-16(18(12-15)27-2)23-20(25)17-11-13(9-10-21-17)19(24)22-14-5-3-4-6-14/h7-12,14H,3-6H2,1-2H3,(H,22,24)(H,23,25). The maximum atomic E-state index is 12.6. The van der Waals surface area contributed by atoms with Crippen LogP contribution in [0.3, 0.4) is 0 Å². The number of anilines is 1. The van der Waals surface area contributed by atoms with Gasteiger partial charge >= 0.3 is 0 Å². The quantitative estimate of drug-likeness (QED) is 0.817. The number of carbonyl (C=O) groups excluding carboxylic acids is 2. The first-order chi connectivity index (χ1) is 13.1. The van der Waals surface area contributed by atoms with Gasteiger partial charge in [-0.15, -0.1) is 0 Å². The molecule has 0 radical (unpaired) electrons. The Morgan fingerprint density at radius 2 is 1.81 bits per heavy atom. The van der Waals surface area contributed by atoms with E-state index in [0.29, 0.717) is 22.7 Å². The Labute approximate surface area is 158 Å². The molecule has 0 saturated heterocycles. The number of pyridine rings is 1. The predicted octanol–water partition coefficient (Wildman–Crippen LogP) is 3.02. The van der Waals surface area contributed by atoms with E-state index < -0.39 is 5.91 Å². The van der Waals surface area contributed by atoms with Crippen LogP contribution in [-0.4, -0.2) is 37.1 Å². The average molecular weight is 369 g/mol. The number of nitrogens with one attached hydrogen (secondary N) is 2. The number of rotatable bonds is 6. The van der Waals surface area contributed by atoms with Crippen molar-refractivity contribution in [3.8, 4) is 11.5 Å². The second kappa shape index (κ2) is 8.53. The van der Waals surface area contributed by atoms with E-state index in [9.17, 15) is 9.59 Å². The third-order valence-electron chi connectivity index (χ3n) is 4.60. The fourth-order valence-corrected chi connectivity index (χ4v) is 3.12. The van der Waals surface area contributed by atoms with E-state index in [1.807, 2.05) is 0 Å². The number of benzene rings is 1. The van der Waals surface area contributed by atoms with Gasteiger partial charge in [0.1, 0.15) is 17.2 Å². The van der Waals surface area contributed by atoms with E-state index >= 15 is 0 Å². The largest absolute Gasteiger partial charge is 0.497 e. The Morgan fingerprint density at radius 1 is 1.04 bits per heavy atom. The van der Waals surface area contributed by atoms with Gasteiger partial charge in [0, 0.05) is 23.9 Å². The molecule has 1 aromatic heterocycles. The number of hydrogen-bond acceptors (Lipinski definition) is 5. The molecule has 7 nitrogen and oxygen atoms in total. The highest BCUT2D eigenvalue weighted by atomic mass is 16.5. The average Bonchev–Trinajstić information content (AvgIpc) is 3.21. The highest BCUT2D eigenvalue weighted by Gasteiger charge is 2.19. The van der Waals surface area contributed by atoms with Crippen molar-refractivity contribution in [1.82, 2.24) is 10.3 Å². The highest BCUT2D eigenvalue weighted by molar-refractivity contribution is 6.05. The summed E-state index contributed by atoms with van der Waals surface area (Å²) in [5.41, 5.74) is 1.07. The molecule has 3 rings (SSSR count). The van der Waals surface area contributed by atoms with Crippen LogP contribution in [0.25, 0.3) is 0 Å². The van der Waals surface area contributed by atoms with Gasteiger partial charge in [0.05, 0.1) is 19.9 Å². The summed E-state index contributed by atoms with van der Waals surface area (Å²) in [7, 11) is 3.07. The second-order valence-electron chi connectivity index (χ2n) is 6.40. The van der Waals surface area contributed by atoms with Crippen LogP contribution in [0.5, 0.6) is 11.5 Å². The molecule has 1 fully saturated rings. The summed E-state index contributed by atoms with van der Waals surface area (Å²) in [6.45, 7) is 0. The van der Waals surface area contributed by atoms with Gasteiger partial charge in [-0.25, -0.2) is 0 Å². The zero-order chi connectivity index (χ0) is 19.2. The number of methoxy groups -OCH3 is 2. The molecule has 0 bridgehead atoms. The Bertz CT molecular complexity index is 832. The Kier molecular flexibility index (Phi) is 5.90. The van der Waals surface area contributed by atoms with Crippen LogP contribution in [0.15, 0.2) is 36.5 Å². The molecule has 0 atom stereocenters. The number of amides is 2. The third-order valence-corrected chi connectivity index (χ3v) is 4.60. The molecule has 1 saturated carbocycles. The molecular formula is C20H23N3O4. The summed E-state index contributed by atoms with van der Waals surface area (Å²) < 4.78 is 10.4. The lowest BCUT2D eigenvalue weighted by Gasteiger charge is -2.13. The van der Waals surface area contributed by atoms with Gasteiger partial charge in [-0.1, -0.05) is 12.8 Å². The smallest absolute Gasteiger partial charge is 0.274 e. The first-order valence-electron chi connectivity index (χ1n) is 8.91. The van der Waals surface area contributed by atoms with E-state index in [1.165, 1.54) is 19.4 Å². The van der Waals surface area contributed by atoms with Crippen molar-refractivity contribution in [3.63, 3.8) is 0 Å². The van der Waals surface area contributed by atoms with E-state index in [2.05, 4.69) is 15.6 Å². The van der Waals surface area contributed by atoms with Crippen molar-refractivity contribution in [1.29, 1.82) is 0 Å². The molecule has 142 valence electrons. The lowest BCUT2D eigenvalue weighted by Crippen LogP contribution is -2.32. The summed E-state index contributed by atoms with van der Waals surface area (Å²) in [4.78, 5) is 29.0. The van der Waals surface area contributed by atoms with Crippen molar-refractivity contribution in [3.05, 3.63) is 47.8 Å². The van der Waals surface area contributed by atoms with Gasteiger partial charge in [-0.05, 0) is 37.1 Å². The molecular weight excluding hydrogens is 346 g/mol. The van der Waals surface area contributed by atoms with E-state index in [4.69, 9.17) is 9.47 Å². The predicted molar refractivity (Wildman–Crippen MR) is 101 cm³/mol. The van der Waals surface area contributed by atoms with Crippen molar-refractivity contribution < 1.29 is 19.1 Å². The molecule has 1 aromatic carbocycles. The van der Waals surface area contributed by atoms with Crippen LogP contribution in [-0.2, 0) is 0 Å². The Morgan fingerprint density at radius 3 is 2.52 bits per heavy atom. The van der Waals surface area contributed by atoms with Crippen molar-refractivity contribution in [2.75, 3.05) is 19.5 Å². The molecule has 0 spiro atoms. The lowest BCUT2D eigenvalue weighted by atomic mass is 10.1. The minimum Gasteiger partial charge on any atom is -0.497 e. The van der Waals surface area contributed by atoms with Crippen LogP contribution in [0.2, 0.25) is 0 Å². The molecule has 1 aliphatic rings. The minimum atomic E-state index is -0.422. The molecule has 0 aliphatic heterocycles. The molecule has 2 aromatic rings. The highest BCUT2D eigenvalue weighted by Crippen LogP contribution is 2.29. The molecule has 7 heteroatoms. The van der Waals surface area contributed by atoms with Gasteiger partial charge in [-0.2, -0.15) is 0 Å². The fraction of sp³-hybridized carbons (Fsp3) is 0.350. The fourth-order valence-electron chi connectivity index (χ4n) is 3.12. The van der Waals surface area contributed by atoms with Crippen molar-refractivity contribution in [2.24, 2.45) is 0 Å². The van der Waals surface area contributed by atoms with Crippen LogP contribution in [0.4, 0.5) is 5.69 Å². The van der Waals surface area contributed by atoms with Crippen LogP contribution >= 0.6 is 0 Å². The number of ether oxygens (including phenoxy) is 2. The molecule has 2 amide bonds. The molecule has 1 heterocycles. The van der Waals surface area contributed by atoms with E-state index in [0.717, 1.165) is 25.7 Å². The summed E-state index contributed by atoms with van der Waals surface area (Å²) in [6.07, 6.45) is 5.74. The van der Waals surface area contributed by atoms with Gasteiger partial charge in [0.25, 0.3) is 11.8 Å². The van der Waals surface area contributed by atoms with Gasteiger partial charge in [-0.3, -0.25) is 14.6 Å². The topological polar surface area (TPSA) is 89.5 Å². The lowest BCUT2D eigenvalue weighted by molar-refractivity contribution is 0.0937. The maximum absolute atomic E-state index is 12.6. The zero-order valence-corrected chi connectivity index (χ0v) is 15.5.